The summed E-state index contributed by atoms with van der Waals surface area (Å²) >= 11 is 0. The van der Waals surface area contributed by atoms with E-state index in [1.165, 1.54) is 54.7 Å². The molecular formula is C21H14FN3O5. The molecule has 0 saturated carbocycles. The predicted molar refractivity (Wildman–Crippen MR) is 106 cm³/mol. The van der Waals surface area contributed by atoms with Crippen LogP contribution in [0.2, 0.25) is 0 Å². The molecule has 8 nitrogen and oxygen atoms in total. The fraction of sp³-hybridized carbons (Fsp3) is 0. The van der Waals surface area contributed by atoms with Gasteiger partial charge in [-0.15, -0.1) is 0 Å². The third-order valence-corrected chi connectivity index (χ3v) is 3.83. The van der Waals surface area contributed by atoms with Crippen molar-refractivity contribution in [3.05, 3.63) is 105 Å². The zero-order valence-electron chi connectivity index (χ0n) is 15.3. The topological polar surface area (TPSA) is 111 Å². The molecule has 0 aliphatic rings. The number of nitrogens with zero attached hydrogens (tertiary/aromatic N) is 2. The van der Waals surface area contributed by atoms with Crippen LogP contribution in [0.3, 0.4) is 0 Å². The number of benzene rings is 3. The van der Waals surface area contributed by atoms with E-state index in [0.717, 1.165) is 12.1 Å². The number of esters is 1. The Labute approximate surface area is 169 Å². The van der Waals surface area contributed by atoms with E-state index >= 15 is 0 Å². The molecule has 1 amide bonds. The third kappa shape index (κ3) is 5.32. The first kappa shape index (κ1) is 20.3. The van der Waals surface area contributed by atoms with Gasteiger partial charge < -0.3 is 4.74 Å². The number of carbonyl (C=O) groups is 2. The average Bonchev–Trinajstić information content (AvgIpc) is 2.74. The van der Waals surface area contributed by atoms with Crippen LogP contribution in [0.5, 0.6) is 5.75 Å². The zero-order valence-corrected chi connectivity index (χ0v) is 15.3. The summed E-state index contributed by atoms with van der Waals surface area (Å²) in [6, 6.07) is 16.6. The first-order chi connectivity index (χ1) is 14.4. The van der Waals surface area contributed by atoms with Crippen molar-refractivity contribution < 1.29 is 23.6 Å². The second-order valence-corrected chi connectivity index (χ2v) is 5.98. The Balaban J connectivity index is 1.64. The summed E-state index contributed by atoms with van der Waals surface area (Å²) in [7, 11) is 0. The van der Waals surface area contributed by atoms with Crippen LogP contribution in [0.1, 0.15) is 26.3 Å². The van der Waals surface area contributed by atoms with Crippen molar-refractivity contribution in [1.29, 1.82) is 0 Å². The van der Waals surface area contributed by atoms with Gasteiger partial charge in [-0.3, -0.25) is 14.9 Å². The molecule has 0 atom stereocenters. The maximum absolute atomic E-state index is 13.2. The molecule has 0 spiro atoms. The second kappa shape index (κ2) is 9.20. The lowest BCUT2D eigenvalue weighted by atomic mass is 10.2. The molecule has 0 aliphatic heterocycles. The third-order valence-electron chi connectivity index (χ3n) is 3.83. The molecule has 0 heterocycles. The quantitative estimate of drug-likeness (QED) is 0.220. The smallest absolute Gasteiger partial charge is 0.343 e. The van der Waals surface area contributed by atoms with Gasteiger partial charge in [0, 0.05) is 17.7 Å². The molecular weight excluding hydrogens is 393 g/mol. The number of ether oxygens (including phenoxy) is 1. The summed E-state index contributed by atoms with van der Waals surface area (Å²) in [5.74, 6) is -1.69. The van der Waals surface area contributed by atoms with Gasteiger partial charge >= 0.3 is 5.97 Å². The molecule has 3 aromatic carbocycles. The number of hydrogen-bond acceptors (Lipinski definition) is 6. The number of nitro benzene ring substituents is 1. The molecule has 0 radical (unpaired) electrons. The van der Waals surface area contributed by atoms with E-state index in [9.17, 15) is 24.1 Å². The van der Waals surface area contributed by atoms with Gasteiger partial charge in [0.15, 0.2) is 0 Å². The number of non-ortho nitro benzene ring substituents is 1. The molecule has 0 fully saturated rings. The molecule has 1 N–H and O–H groups in total. The lowest BCUT2D eigenvalue weighted by Crippen LogP contribution is -2.17. The summed E-state index contributed by atoms with van der Waals surface area (Å²) in [5.41, 5.74) is 2.72. The molecule has 0 aliphatic carbocycles. The van der Waals surface area contributed by atoms with Gasteiger partial charge in [0.25, 0.3) is 11.6 Å². The largest absolute Gasteiger partial charge is 0.423 e. The van der Waals surface area contributed by atoms with Crippen molar-refractivity contribution in [3.8, 4) is 5.75 Å². The number of nitro groups is 1. The highest BCUT2D eigenvalue weighted by Crippen LogP contribution is 2.15. The summed E-state index contributed by atoms with van der Waals surface area (Å²) in [6.07, 6.45) is 1.31. The van der Waals surface area contributed by atoms with Crippen LogP contribution in [0.15, 0.2) is 77.9 Å². The van der Waals surface area contributed by atoms with Crippen molar-refractivity contribution in [2.45, 2.75) is 0 Å². The molecule has 3 aromatic rings. The predicted octanol–water partition coefficient (Wildman–Crippen LogP) is 3.72. The van der Waals surface area contributed by atoms with E-state index < -0.39 is 22.6 Å². The van der Waals surface area contributed by atoms with E-state index in [0.29, 0.717) is 5.56 Å². The highest BCUT2D eigenvalue weighted by Gasteiger charge is 2.11. The highest BCUT2D eigenvalue weighted by atomic mass is 19.1. The Kier molecular flexibility index (Phi) is 6.23. The van der Waals surface area contributed by atoms with Crippen LogP contribution in [-0.2, 0) is 0 Å². The molecule has 30 heavy (non-hydrogen) atoms. The van der Waals surface area contributed by atoms with Gasteiger partial charge in [0.2, 0.25) is 0 Å². The fourth-order valence-corrected chi connectivity index (χ4v) is 2.43. The minimum atomic E-state index is -0.720. The Morgan fingerprint density at radius 2 is 1.73 bits per heavy atom. The van der Waals surface area contributed by atoms with Crippen molar-refractivity contribution >= 4 is 23.8 Å². The van der Waals surface area contributed by atoms with Crippen LogP contribution in [-0.4, -0.2) is 23.0 Å². The van der Waals surface area contributed by atoms with E-state index in [2.05, 4.69) is 10.5 Å². The zero-order chi connectivity index (χ0) is 21.5. The van der Waals surface area contributed by atoms with E-state index in [-0.39, 0.29) is 22.6 Å². The van der Waals surface area contributed by atoms with Gasteiger partial charge in [0.1, 0.15) is 11.6 Å². The standard InChI is InChI=1S/C21H14FN3O5/c22-17-7-2-6-16(11-17)21(27)30-19-9-1-4-14(10-19)13-23-24-20(26)15-5-3-8-18(12-15)25(28)29/h1-13H,(H,24,26)/b23-13-. The maximum Gasteiger partial charge on any atom is 0.343 e. The average molecular weight is 407 g/mol. The van der Waals surface area contributed by atoms with Gasteiger partial charge in [-0.25, -0.2) is 14.6 Å². The summed E-state index contributed by atoms with van der Waals surface area (Å²) < 4.78 is 18.4. The molecule has 9 heteroatoms. The number of nitrogens with one attached hydrogen (secondary N) is 1. The molecule has 0 saturated heterocycles. The van der Waals surface area contributed by atoms with Crippen molar-refractivity contribution in [2.24, 2.45) is 5.10 Å². The van der Waals surface area contributed by atoms with Gasteiger partial charge in [-0.05, 0) is 42.0 Å². The van der Waals surface area contributed by atoms with Crippen LogP contribution < -0.4 is 10.2 Å². The van der Waals surface area contributed by atoms with Crippen LogP contribution >= 0.6 is 0 Å². The Bertz CT molecular complexity index is 1150. The van der Waals surface area contributed by atoms with E-state index in [1.54, 1.807) is 12.1 Å². The Hall–Kier alpha value is -4.40. The molecule has 150 valence electrons. The summed E-state index contributed by atoms with van der Waals surface area (Å²) in [6.45, 7) is 0. The van der Waals surface area contributed by atoms with Gasteiger partial charge in [-0.1, -0.05) is 24.3 Å². The minimum absolute atomic E-state index is 0.0679. The number of hydrazone groups is 1. The second-order valence-electron chi connectivity index (χ2n) is 5.98. The molecule has 3 rings (SSSR count). The van der Waals surface area contributed by atoms with Gasteiger partial charge in [-0.2, -0.15) is 5.10 Å². The Morgan fingerprint density at radius 1 is 1.00 bits per heavy atom. The number of hydrogen-bond donors (Lipinski definition) is 1. The monoisotopic (exact) mass is 407 g/mol. The van der Waals surface area contributed by atoms with E-state index in [4.69, 9.17) is 4.74 Å². The number of amides is 1. The summed E-state index contributed by atoms with van der Waals surface area (Å²) in [5, 5.41) is 14.6. The highest BCUT2D eigenvalue weighted by molar-refractivity contribution is 5.95. The fourth-order valence-electron chi connectivity index (χ4n) is 2.43. The van der Waals surface area contributed by atoms with E-state index in [1.807, 2.05) is 0 Å². The van der Waals surface area contributed by atoms with Crippen molar-refractivity contribution in [3.63, 3.8) is 0 Å². The minimum Gasteiger partial charge on any atom is -0.423 e. The number of carbonyl (C=O) groups excluding carboxylic acids is 2. The normalized spacial score (nSPS) is 10.6. The number of halogens is 1. The molecule has 0 aromatic heterocycles. The lowest BCUT2D eigenvalue weighted by Gasteiger charge is -2.05. The van der Waals surface area contributed by atoms with Crippen LogP contribution in [0.4, 0.5) is 10.1 Å². The lowest BCUT2D eigenvalue weighted by molar-refractivity contribution is -0.384. The van der Waals surface area contributed by atoms with Crippen molar-refractivity contribution in [1.82, 2.24) is 5.43 Å². The molecule has 0 unspecified atom stereocenters. The number of rotatable bonds is 6. The van der Waals surface area contributed by atoms with Crippen molar-refractivity contribution in [2.75, 3.05) is 0 Å². The van der Waals surface area contributed by atoms with Crippen LogP contribution in [0.25, 0.3) is 0 Å². The Morgan fingerprint density at radius 3 is 2.50 bits per heavy atom. The first-order valence-electron chi connectivity index (χ1n) is 8.58. The van der Waals surface area contributed by atoms with Gasteiger partial charge in [0.05, 0.1) is 16.7 Å². The molecule has 0 bridgehead atoms. The first-order valence-corrected chi connectivity index (χ1v) is 8.58. The van der Waals surface area contributed by atoms with Crippen LogP contribution in [0, 0.1) is 15.9 Å². The summed E-state index contributed by atoms with van der Waals surface area (Å²) in [4.78, 5) is 34.3. The SMILES string of the molecule is O=C(N/N=C\c1cccc(OC(=O)c2cccc(F)c2)c1)c1cccc([N+](=O)[O-])c1. The maximum atomic E-state index is 13.2.